The molecule has 1 unspecified atom stereocenters. The SMILES string of the molecule is CC(F)C(F)(F)CN=C/C(=C\N)c1ccc(C#N)nc1-c1ccc2cccnc2c1. The van der Waals surface area contributed by atoms with Gasteiger partial charge in [0.15, 0.2) is 6.17 Å². The number of halogens is 3. The third-order valence-corrected chi connectivity index (χ3v) is 4.49. The number of pyridine rings is 2. The molecular formula is C22H18F3N5. The quantitative estimate of drug-likeness (QED) is 0.606. The summed E-state index contributed by atoms with van der Waals surface area (Å²) in [6.45, 7) is -0.230. The molecule has 0 radical (unpaired) electrons. The molecule has 0 aliphatic rings. The van der Waals surface area contributed by atoms with Gasteiger partial charge in [0.05, 0.1) is 11.2 Å². The summed E-state index contributed by atoms with van der Waals surface area (Å²) in [5.74, 6) is -3.58. The number of benzene rings is 1. The molecule has 5 nitrogen and oxygen atoms in total. The van der Waals surface area contributed by atoms with E-state index < -0.39 is 18.6 Å². The lowest BCUT2D eigenvalue weighted by Crippen LogP contribution is -2.30. The fourth-order valence-electron chi connectivity index (χ4n) is 2.78. The largest absolute Gasteiger partial charge is 0.404 e. The molecule has 0 bridgehead atoms. The maximum absolute atomic E-state index is 13.5. The van der Waals surface area contributed by atoms with Crippen LogP contribution in [0.4, 0.5) is 13.2 Å². The van der Waals surface area contributed by atoms with E-state index >= 15 is 0 Å². The van der Waals surface area contributed by atoms with Crippen molar-refractivity contribution in [2.75, 3.05) is 6.54 Å². The minimum absolute atomic E-state index is 0.181. The monoisotopic (exact) mass is 409 g/mol. The standard InChI is InChI=1S/C22H18F3N5/c1-14(23)22(24,25)13-28-12-17(10-26)19-7-6-18(11-27)30-21(19)16-5-4-15-3-2-8-29-20(15)9-16/h2-10,12,14H,13,26H2,1H3/b17-10+,28-12?. The third-order valence-electron chi connectivity index (χ3n) is 4.49. The van der Waals surface area contributed by atoms with E-state index in [1.165, 1.54) is 12.3 Å². The Kier molecular flexibility index (Phi) is 6.11. The highest BCUT2D eigenvalue weighted by atomic mass is 19.3. The molecular weight excluding hydrogens is 391 g/mol. The highest BCUT2D eigenvalue weighted by Gasteiger charge is 2.36. The average Bonchev–Trinajstić information content (AvgIpc) is 2.76. The number of fused-ring (bicyclic) bond motifs is 1. The molecule has 2 heterocycles. The Morgan fingerprint density at radius 2 is 2.10 bits per heavy atom. The highest BCUT2D eigenvalue weighted by Crippen LogP contribution is 2.29. The Labute approximate surface area is 171 Å². The number of rotatable bonds is 6. The van der Waals surface area contributed by atoms with Gasteiger partial charge in [0.25, 0.3) is 5.92 Å². The fraction of sp³-hybridized carbons (Fsp3) is 0.182. The van der Waals surface area contributed by atoms with Crippen LogP contribution in [0.25, 0.3) is 27.7 Å². The van der Waals surface area contributed by atoms with Crippen LogP contribution in [0.2, 0.25) is 0 Å². The lowest BCUT2D eigenvalue weighted by molar-refractivity contribution is -0.0550. The normalized spacial score (nSPS) is 13.5. The molecule has 30 heavy (non-hydrogen) atoms. The topological polar surface area (TPSA) is 88.0 Å². The van der Waals surface area contributed by atoms with E-state index in [4.69, 9.17) is 5.73 Å². The molecule has 2 N–H and O–H groups in total. The summed E-state index contributed by atoms with van der Waals surface area (Å²) < 4.78 is 40.0. The van der Waals surface area contributed by atoms with E-state index in [0.717, 1.165) is 24.0 Å². The molecule has 0 aliphatic heterocycles. The Bertz CT molecular complexity index is 1160. The number of nitrogens with zero attached hydrogens (tertiary/aromatic N) is 4. The smallest absolute Gasteiger partial charge is 0.297 e. The van der Waals surface area contributed by atoms with Gasteiger partial charge < -0.3 is 5.73 Å². The Morgan fingerprint density at radius 1 is 1.30 bits per heavy atom. The van der Waals surface area contributed by atoms with Crippen LogP contribution in [0.3, 0.4) is 0 Å². The molecule has 1 atom stereocenters. The number of aliphatic imine (C=N–C) groups is 1. The van der Waals surface area contributed by atoms with Crippen molar-refractivity contribution < 1.29 is 13.2 Å². The van der Waals surface area contributed by atoms with Crippen LogP contribution >= 0.6 is 0 Å². The van der Waals surface area contributed by atoms with Crippen molar-refractivity contribution in [3.8, 4) is 17.3 Å². The Balaban J connectivity index is 2.05. The summed E-state index contributed by atoms with van der Waals surface area (Å²) in [6, 6.07) is 14.3. The maximum Gasteiger partial charge on any atom is 0.297 e. The second-order valence-corrected chi connectivity index (χ2v) is 6.58. The van der Waals surface area contributed by atoms with E-state index in [9.17, 15) is 18.4 Å². The average molecular weight is 409 g/mol. The van der Waals surface area contributed by atoms with Crippen LogP contribution in [0, 0.1) is 11.3 Å². The van der Waals surface area contributed by atoms with Crippen molar-refractivity contribution in [1.82, 2.24) is 9.97 Å². The van der Waals surface area contributed by atoms with Gasteiger partial charge in [-0.05, 0) is 31.2 Å². The summed E-state index contributed by atoms with van der Waals surface area (Å²) in [5.41, 5.74) is 8.51. The summed E-state index contributed by atoms with van der Waals surface area (Å²) in [6.07, 6.45) is 1.70. The van der Waals surface area contributed by atoms with Gasteiger partial charge >= 0.3 is 0 Å². The zero-order valence-electron chi connectivity index (χ0n) is 16.1. The van der Waals surface area contributed by atoms with Crippen molar-refractivity contribution in [3.05, 3.63) is 66.1 Å². The van der Waals surface area contributed by atoms with Crippen LogP contribution in [-0.2, 0) is 0 Å². The van der Waals surface area contributed by atoms with E-state index in [0.29, 0.717) is 22.4 Å². The number of allylic oxidation sites excluding steroid dienone is 1. The van der Waals surface area contributed by atoms with Crippen molar-refractivity contribution in [1.29, 1.82) is 5.26 Å². The predicted octanol–water partition coefficient (Wildman–Crippen LogP) is 4.53. The van der Waals surface area contributed by atoms with Crippen molar-refractivity contribution >= 4 is 22.7 Å². The molecule has 0 fully saturated rings. The zero-order chi connectivity index (χ0) is 21.7. The molecule has 152 valence electrons. The number of nitriles is 1. The summed E-state index contributed by atoms with van der Waals surface area (Å²) in [4.78, 5) is 12.4. The predicted molar refractivity (Wildman–Crippen MR) is 111 cm³/mol. The number of aromatic nitrogens is 2. The second-order valence-electron chi connectivity index (χ2n) is 6.58. The number of nitrogens with two attached hydrogens (primary N) is 1. The van der Waals surface area contributed by atoms with E-state index in [1.54, 1.807) is 12.3 Å². The molecule has 3 aromatic rings. The molecule has 3 rings (SSSR count). The third kappa shape index (κ3) is 4.46. The van der Waals surface area contributed by atoms with E-state index in [1.807, 2.05) is 36.4 Å². The van der Waals surface area contributed by atoms with Crippen LogP contribution in [0.1, 0.15) is 18.2 Å². The molecule has 0 saturated carbocycles. The molecule has 8 heteroatoms. The molecule has 2 aromatic heterocycles. The van der Waals surface area contributed by atoms with Crippen molar-refractivity contribution in [2.24, 2.45) is 10.7 Å². The minimum Gasteiger partial charge on any atom is -0.404 e. The first-order valence-electron chi connectivity index (χ1n) is 9.06. The Hall–Kier alpha value is -3.73. The van der Waals surface area contributed by atoms with Crippen molar-refractivity contribution in [2.45, 2.75) is 19.0 Å². The van der Waals surface area contributed by atoms with Crippen LogP contribution < -0.4 is 5.73 Å². The van der Waals surface area contributed by atoms with Gasteiger partial charge in [-0.2, -0.15) is 5.26 Å². The second kappa shape index (κ2) is 8.74. The number of hydrogen-bond donors (Lipinski definition) is 1. The van der Waals surface area contributed by atoms with Gasteiger partial charge in [-0.1, -0.05) is 18.2 Å². The van der Waals surface area contributed by atoms with Crippen LogP contribution in [-0.4, -0.2) is 34.8 Å². The van der Waals surface area contributed by atoms with Crippen LogP contribution in [0.15, 0.2) is 59.9 Å². The summed E-state index contributed by atoms with van der Waals surface area (Å²) in [5, 5.41) is 10.2. The lowest BCUT2D eigenvalue weighted by Gasteiger charge is -2.15. The van der Waals surface area contributed by atoms with Gasteiger partial charge in [-0.3, -0.25) is 9.98 Å². The lowest BCUT2D eigenvalue weighted by atomic mass is 9.99. The Morgan fingerprint density at radius 3 is 2.80 bits per heavy atom. The van der Waals surface area contributed by atoms with E-state index in [-0.39, 0.29) is 5.69 Å². The molecule has 0 aliphatic carbocycles. The molecule has 1 aromatic carbocycles. The summed E-state index contributed by atoms with van der Waals surface area (Å²) >= 11 is 0. The van der Waals surface area contributed by atoms with Crippen LogP contribution in [0.5, 0.6) is 0 Å². The van der Waals surface area contributed by atoms with Gasteiger partial charge in [0.2, 0.25) is 0 Å². The minimum atomic E-state index is -3.58. The van der Waals surface area contributed by atoms with Gasteiger partial charge in [-0.25, -0.2) is 18.2 Å². The first kappa shape index (κ1) is 21.0. The molecule has 0 amide bonds. The number of hydrogen-bond acceptors (Lipinski definition) is 5. The van der Waals surface area contributed by atoms with Gasteiger partial charge in [0, 0.05) is 40.7 Å². The zero-order valence-corrected chi connectivity index (χ0v) is 16.1. The molecule has 0 spiro atoms. The maximum atomic E-state index is 13.5. The molecule has 0 saturated heterocycles. The van der Waals surface area contributed by atoms with Gasteiger partial charge in [0.1, 0.15) is 18.3 Å². The van der Waals surface area contributed by atoms with E-state index in [2.05, 4.69) is 15.0 Å². The summed E-state index contributed by atoms with van der Waals surface area (Å²) in [7, 11) is 0. The van der Waals surface area contributed by atoms with Crippen molar-refractivity contribution in [3.63, 3.8) is 0 Å². The fourth-order valence-corrected chi connectivity index (χ4v) is 2.78. The highest BCUT2D eigenvalue weighted by molar-refractivity contribution is 6.12. The number of alkyl halides is 3. The van der Waals surface area contributed by atoms with Gasteiger partial charge in [-0.15, -0.1) is 0 Å². The first-order chi connectivity index (χ1) is 14.4. The first-order valence-corrected chi connectivity index (χ1v) is 9.06.